The van der Waals surface area contributed by atoms with Crippen molar-refractivity contribution in [3.8, 4) is 0 Å². The van der Waals surface area contributed by atoms with Crippen LogP contribution >= 0.6 is 12.4 Å². The zero-order valence-corrected chi connectivity index (χ0v) is 16.9. The van der Waals surface area contributed by atoms with E-state index in [0.29, 0.717) is 13.2 Å². The Labute approximate surface area is 175 Å². The molecule has 0 spiro atoms. The van der Waals surface area contributed by atoms with Crippen molar-refractivity contribution in [2.75, 3.05) is 36.5 Å². The molecule has 0 saturated carbocycles. The first-order chi connectivity index (χ1) is 13.6. The highest BCUT2D eigenvalue weighted by Gasteiger charge is 2.32. The molecule has 7 nitrogen and oxygen atoms in total. The van der Waals surface area contributed by atoms with Crippen molar-refractivity contribution in [2.45, 2.75) is 13.2 Å². The molecule has 9 heteroatoms. The fourth-order valence-corrected chi connectivity index (χ4v) is 3.22. The fraction of sp³-hybridized carbons (Fsp3) is 0.300. The van der Waals surface area contributed by atoms with Crippen LogP contribution in [-0.2, 0) is 4.74 Å². The molecule has 0 radical (unpaired) electrons. The number of aliphatic imine (C=N–C) groups is 2. The Balaban J connectivity index is 0.00000240. The van der Waals surface area contributed by atoms with E-state index in [1.165, 1.54) is 12.1 Å². The number of hydrogen-bond donors (Lipinski definition) is 2. The zero-order chi connectivity index (χ0) is 19.5. The van der Waals surface area contributed by atoms with Crippen molar-refractivity contribution in [2.24, 2.45) is 15.7 Å². The number of aryl methyl sites for hydroxylation is 1. The average molecular weight is 419 g/mol. The van der Waals surface area contributed by atoms with Gasteiger partial charge >= 0.3 is 0 Å². The highest BCUT2D eigenvalue weighted by Crippen LogP contribution is 2.25. The van der Waals surface area contributed by atoms with Crippen molar-refractivity contribution < 1.29 is 9.13 Å². The molecule has 0 bridgehead atoms. The predicted octanol–water partition coefficient (Wildman–Crippen LogP) is 2.77. The Hall–Kier alpha value is -2.84. The number of nitrogens with two attached hydrogens (primary N) is 1. The molecule has 1 saturated heterocycles. The maximum atomic E-state index is 13.3. The number of halogens is 2. The standard InChI is InChI=1S/C20H23FN6O.ClH/c1-14-2-8-17(9-3-14)27-19(23-16-6-4-15(21)5-7-16)24-18(22)25-20(27)26-10-12-28-13-11-26;/h2-9,19,23H,10-13H2,1H3,(H2,22,24);1H. The molecule has 2 aliphatic rings. The van der Waals surface area contributed by atoms with Crippen LogP contribution in [0.2, 0.25) is 0 Å². The number of benzene rings is 2. The van der Waals surface area contributed by atoms with Gasteiger partial charge in [-0.3, -0.25) is 4.90 Å². The van der Waals surface area contributed by atoms with E-state index in [1.54, 1.807) is 12.1 Å². The van der Waals surface area contributed by atoms with Crippen molar-refractivity contribution in [3.05, 3.63) is 59.9 Å². The van der Waals surface area contributed by atoms with Crippen LogP contribution in [-0.4, -0.2) is 49.4 Å². The molecule has 0 aliphatic carbocycles. The summed E-state index contributed by atoms with van der Waals surface area (Å²) in [6.07, 6.45) is -0.511. The molecular formula is C20H24ClFN6O. The molecule has 2 aromatic rings. The summed E-state index contributed by atoms with van der Waals surface area (Å²) in [5.74, 6) is 0.631. The van der Waals surface area contributed by atoms with Gasteiger partial charge in [-0.2, -0.15) is 4.99 Å². The maximum absolute atomic E-state index is 13.3. The topological polar surface area (TPSA) is 78.5 Å². The van der Waals surface area contributed by atoms with E-state index in [0.717, 1.165) is 36.0 Å². The second-order valence-corrected chi connectivity index (χ2v) is 6.73. The molecule has 0 aromatic heterocycles. The van der Waals surface area contributed by atoms with E-state index in [4.69, 9.17) is 10.5 Å². The number of anilines is 2. The van der Waals surface area contributed by atoms with Crippen LogP contribution in [0.1, 0.15) is 5.56 Å². The van der Waals surface area contributed by atoms with E-state index >= 15 is 0 Å². The Morgan fingerprint density at radius 3 is 2.38 bits per heavy atom. The number of nitrogens with zero attached hydrogens (tertiary/aromatic N) is 4. The molecule has 0 amide bonds. The molecule has 2 aromatic carbocycles. The van der Waals surface area contributed by atoms with Gasteiger partial charge in [0.05, 0.1) is 13.2 Å². The quantitative estimate of drug-likeness (QED) is 0.801. The Kier molecular flexibility index (Phi) is 6.56. The lowest BCUT2D eigenvalue weighted by molar-refractivity contribution is 0.0671. The molecule has 2 aliphatic heterocycles. The van der Waals surface area contributed by atoms with Gasteiger partial charge in [-0.15, -0.1) is 12.4 Å². The van der Waals surface area contributed by atoms with Crippen LogP contribution in [0.4, 0.5) is 15.8 Å². The van der Waals surface area contributed by atoms with Crippen LogP contribution in [0.5, 0.6) is 0 Å². The third kappa shape index (κ3) is 4.78. The minimum atomic E-state index is -0.511. The largest absolute Gasteiger partial charge is 0.378 e. The fourth-order valence-electron chi connectivity index (χ4n) is 3.22. The highest BCUT2D eigenvalue weighted by atomic mass is 35.5. The molecule has 29 heavy (non-hydrogen) atoms. The summed E-state index contributed by atoms with van der Waals surface area (Å²) >= 11 is 0. The number of morpholine rings is 1. The summed E-state index contributed by atoms with van der Waals surface area (Å²) in [5, 5.41) is 3.32. The van der Waals surface area contributed by atoms with E-state index < -0.39 is 6.29 Å². The minimum absolute atomic E-state index is 0. The summed E-state index contributed by atoms with van der Waals surface area (Å²) in [7, 11) is 0. The Morgan fingerprint density at radius 2 is 1.72 bits per heavy atom. The number of guanidine groups is 2. The molecule has 1 fully saturated rings. The van der Waals surface area contributed by atoms with Gasteiger partial charge in [0.1, 0.15) is 5.82 Å². The van der Waals surface area contributed by atoms with Crippen LogP contribution in [0.25, 0.3) is 0 Å². The second kappa shape index (κ2) is 9.11. The zero-order valence-electron chi connectivity index (χ0n) is 16.1. The number of nitrogens with one attached hydrogen (secondary N) is 1. The van der Waals surface area contributed by atoms with E-state index in [2.05, 4.69) is 20.2 Å². The van der Waals surface area contributed by atoms with Crippen molar-refractivity contribution in [1.82, 2.24) is 4.90 Å². The first-order valence-electron chi connectivity index (χ1n) is 9.23. The third-order valence-corrected chi connectivity index (χ3v) is 4.68. The third-order valence-electron chi connectivity index (χ3n) is 4.68. The lowest BCUT2D eigenvalue weighted by Crippen LogP contribution is -2.57. The second-order valence-electron chi connectivity index (χ2n) is 6.73. The Bertz CT molecular complexity index is 881. The monoisotopic (exact) mass is 418 g/mol. The smallest absolute Gasteiger partial charge is 0.222 e. The Morgan fingerprint density at radius 1 is 1.07 bits per heavy atom. The SMILES string of the molecule is Cc1ccc(N2C(N3CCOCC3)=NC(N)=NC2Nc2ccc(F)cc2)cc1.Cl. The molecule has 1 atom stereocenters. The molecule has 2 heterocycles. The van der Waals surface area contributed by atoms with Gasteiger partial charge < -0.3 is 20.7 Å². The van der Waals surface area contributed by atoms with Crippen molar-refractivity contribution >= 4 is 35.7 Å². The van der Waals surface area contributed by atoms with E-state index in [9.17, 15) is 4.39 Å². The van der Waals surface area contributed by atoms with Crippen LogP contribution < -0.4 is 16.0 Å². The highest BCUT2D eigenvalue weighted by molar-refractivity contribution is 6.06. The van der Waals surface area contributed by atoms with Gasteiger partial charge in [0.2, 0.25) is 18.2 Å². The van der Waals surface area contributed by atoms with Gasteiger partial charge in [-0.05, 0) is 43.3 Å². The normalized spacial score (nSPS) is 19.2. The molecule has 154 valence electrons. The minimum Gasteiger partial charge on any atom is -0.378 e. The lowest BCUT2D eigenvalue weighted by Gasteiger charge is -2.41. The summed E-state index contributed by atoms with van der Waals surface area (Å²) in [6.45, 7) is 4.75. The number of hydrogen-bond acceptors (Lipinski definition) is 7. The van der Waals surface area contributed by atoms with Crippen molar-refractivity contribution in [1.29, 1.82) is 0 Å². The van der Waals surface area contributed by atoms with E-state index in [-0.39, 0.29) is 24.2 Å². The predicted molar refractivity (Wildman–Crippen MR) is 116 cm³/mol. The van der Waals surface area contributed by atoms with Crippen LogP contribution in [0, 0.1) is 12.7 Å². The van der Waals surface area contributed by atoms with Crippen LogP contribution in [0.15, 0.2) is 58.5 Å². The first kappa shape index (κ1) is 20.9. The summed E-state index contributed by atoms with van der Waals surface area (Å²) < 4.78 is 18.8. The van der Waals surface area contributed by atoms with Gasteiger partial charge in [0.15, 0.2) is 0 Å². The maximum Gasteiger partial charge on any atom is 0.222 e. The summed E-state index contributed by atoms with van der Waals surface area (Å²) in [5.41, 5.74) is 8.88. The van der Waals surface area contributed by atoms with Gasteiger partial charge in [-0.1, -0.05) is 17.7 Å². The number of ether oxygens (including phenoxy) is 1. The van der Waals surface area contributed by atoms with Crippen molar-refractivity contribution in [3.63, 3.8) is 0 Å². The molecular weight excluding hydrogens is 395 g/mol. The molecule has 3 N–H and O–H groups in total. The van der Waals surface area contributed by atoms with Crippen LogP contribution in [0.3, 0.4) is 0 Å². The summed E-state index contributed by atoms with van der Waals surface area (Å²) in [4.78, 5) is 13.2. The van der Waals surface area contributed by atoms with Gasteiger partial charge in [0.25, 0.3) is 0 Å². The number of rotatable bonds is 3. The average Bonchev–Trinajstić information content (AvgIpc) is 2.71. The van der Waals surface area contributed by atoms with Gasteiger partial charge in [0, 0.05) is 24.5 Å². The first-order valence-corrected chi connectivity index (χ1v) is 9.23. The lowest BCUT2D eigenvalue weighted by atomic mass is 10.2. The van der Waals surface area contributed by atoms with E-state index in [1.807, 2.05) is 36.1 Å². The van der Waals surface area contributed by atoms with Gasteiger partial charge in [-0.25, -0.2) is 9.38 Å². The molecule has 4 rings (SSSR count). The summed E-state index contributed by atoms with van der Waals surface area (Å²) in [6, 6.07) is 14.3. The molecule has 1 unspecified atom stereocenters.